The van der Waals surface area contributed by atoms with Gasteiger partial charge < -0.3 is 19.7 Å². The summed E-state index contributed by atoms with van der Waals surface area (Å²) in [5.41, 5.74) is 1.36. The highest BCUT2D eigenvalue weighted by atomic mass is 16.5. The number of ether oxygens (including phenoxy) is 2. The highest BCUT2D eigenvalue weighted by molar-refractivity contribution is 5.95. The summed E-state index contributed by atoms with van der Waals surface area (Å²) in [4.78, 5) is 23.8. The first-order chi connectivity index (χ1) is 12.6. The molecule has 2 aromatic rings. The van der Waals surface area contributed by atoms with E-state index < -0.39 is 0 Å². The van der Waals surface area contributed by atoms with E-state index in [2.05, 4.69) is 20.2 Å². The van der Waals surface area contributed by atoms with Gasteiger partial charge in [0, 0.05) is 36.5 Å². The predicted molar refractivity (Wildman–Crippen MR) is 98.9 cm³/mol. The van der Waals surface area contributed by atoms with Crippen LogP contribution in [0.25, 0.3) is 0 Å². The van der Waals surface area contributed by atoms with Crippen molar-refractivity contribution < 1.29 is 14.3 Å². The van der Waals surface area contributed by atoms with Crippen molar-refractivity contribution in [2.24, 2.45) is 0 Å². The van der Waals surface area contributed by atoms with Crippen molar-refractivity contribution >= 4 is 11.7 Å². The number of benzene rings is 1. The molecule has 0 unspecified atom stereocenters. The Hall–Kier alpha value is -2.83. The monoisotopic (exact) mass is 356 g/mol. The van der Waals surface area contributed by atoms with Gasteiger partial charge in [0.15, 0.2) is 0 Å². The van der Waals surface area contributed by atoms with Crippen molar-refractivity contribution in [3.63, 3.8) is 0 Å². The Kier molecular flexibility index (Phi) is 5.55. The summed E-state index contributed by atoms with van der Waals surface area (Å²) < 4.78 is 10.4. The molecule has 138 valence electrons. The maximum Gasteiger partial charge on any atom is 0.251 e. The fraction of sp³-hybridized carbons (Fsp3) is 0.421. The van der Waals surface area contributed by atoms with Gasteiger partial charge in [-0.3, -0.25) is 4.79 Å². The number of anilines is 1. The second-order valence-electron chi connectivity index (χ2n) is 6.26. The normalized spacial score (nSPS) is 13.6. The molecule has 1 amide bonds. The first-order valence-electron chi connectivity index (χ1n) is 8.70. The van der Waals surface area contributed by atoms with Crippen LogP contribution in [0, 0.1) is 6.92 Å². The van der Waals surface area contributed by atoms with Crippen LogP contribution >= 0.6 is 0 Å². The molecule has 0 spiro atoms. The maximum atomic E-state index is 12.5. The molecule has 1 aliphatic rings. The number of carbonyl (C=O) groups excluding carboxylic acids is 1. The molecule has 2 heterocycles. The van der Waals surface area contributed by atoms with E-state index in [1.165, 1.54) is 12.8 Å². The van der Waals surface area contributed by atoms with Gasteiger partial charge in [-0.25, -0.2) is 9.97 Å². The molecule has 3 rings (SSSR count). The van der Waals surface area contributed by atoms with Gasteiger partial charge in [-0.2, -0.15) is 0 Å². The Morgan fingerprint density at radius 1 is 1.08 bits per heavy atom. The van der Waals surface area contributed by atoms with E-state index in [9.17, 15) is 4.79 Å². The predicted octanol–water partition coefficient (Wildman–Crippen LogP) is 2.33. The summed E-state index contributed by atoms with van der Waals surface area (Å²) in [7, 11) is 3.11. The lowest BCUT2D eigenvalue weighted by atomic mass is 10.2. The molecular weight excluding hydrogens is 332 g/mol. The average Bonchev–Trinajstić information content (AvgIpc) is 3.20. The maximum absolute atomic E-state index is 12.5. The minimum absolute atomic E-state index is 0.227. The summed E-state index contributed by atoms with van der Waals surface area (Å²) >= 11 is 0. The average molecular weight is 356 g/mol. The van der Waals surface area contributed by atoms with E-state index >= 15 is 0 Å². The minimum atomic E-state index is -0.227. The lowest BCUT2D eigenvalue weighted by molar-refractivity contribution is 0.0949. The number of hydrogen-bond donors (Lipinski definition) is 1. The number of rotatable bonds is 6. The molecule has 0 radical (unpaired) electrons. The molecule has 0 atom stereocenters. The van der Waals surface area contributed by atoms with Crippen molar-refractivity contribution in [1.29, 1.82) is 0 Å². The van der Waals surface area contributed by atoms with Gasteiger partial charge in [0.05, 0.1) is 20.8 Å². The number of aromatic nitrogens is 2. The number of aryl methyl sites for hydroxylation is 1. The van der Waals surface area contributed by atoms with Crippen LogP contribution in [0.5, 0.6) is 11.5 Å². The smallest absolute Gasteiger partial charge is 0.251 e. The molecule has 7 heteroatoms. The quantitative estimate of drug-likeness (QED) is 0.856. The van der Waals surface area contributed by atoms with Crippen LogP contribution in [0.4, 0.5) is 5.82 Å². The molecule has 26 heavy (non-hydrogen) atoms. The van der Waals surface area contributed by atoms with Crippen molar-refractivity contribution in [2.45, 2.75) is 26.3 Å². The third-order valence-electron chi connectivity index (χ3n) is 4.34. The number of hydrogen-bond acceptors (Lipinski definition) is 6. The number of nitrogens with one attached hydrogen (secondary N) is 1. The molecule has 0 bridgehead atoms. The lowest BCUT2D eigenvalue weighted by Crippen LogP contribution is -2.25. The highest BCUT2D eigenvalue weighted by Gasteiger charge is 2.16. The second-order valence-corrected chi connectivity index (χ2v) is 6.26. The Balaban J connectivity index is 1.71. The third-order valence-corrected chi connectivity index (χ3v) is 4.34. The summed E-state index contributed by atoms with van der Waals surface area (Å²) in [6.07, 6.45) is 2.37. The SMILES string of the molecule is COc1cc(OC)cc(C(=O)NCc2nc(C)cc(N3CCCC3)n2)c1. The van der Waals surface area contributed by atoms with Crippen LogP contribution in [0.3, 0.4) is 0 Å². The molecule has 1 saturated heterocycles. The van der Waals surface area contributed by atoms with Crippen LogP contribution in [-0.4, -0.2) is 43.2 Å². The summed E-state index contributed by atoms with van der Waals surface area (Å²) in [5, 5.41) is 2.87. The van der Waals surface area contributed by atoms with E-state index in [0.29, 0.717) is 22.9 Å². The number of carbonyl (C=O) groups is 1. The number of nitrogens with zero attached hydrogens (tertiary/aromatic N) is 3. The van der Waals surface area contributed by atoms with Crippen LogP contribution in [0.1, 0.15) is 34.7 Å². The number of amides is 1. The summed E-state index contributed by atoms with van der Waals surface area (Å²) in [5.74, 6) is 2.45. The largest absolute Gasteiger partial charge is 0.497 e. The first-order valence-corrected chi connectivity index (χ1v) is 8.70. The fourth-order valence-corrected chi connectivity index (χ4v) is 3.00. The number of methoxy groups -OCH3 is 2. The summed E-state index contributed by atoms with van der Waals surface area (Å²) in [6, 6.07) is 7.06. The van der Waals surface area contributed by atoms with Crippen LogP contribution in [-0.2, 0) is 6.54 Å². The lowest BCUT2D eigenvalue weighted by Gasteiger charge is -2.17. The van der Waals surface area contributed by atoms with Crippen molar-refractivity contribution in [1.82, 2.24) is 15.3 Å². The topological polar surface area (TPSA) is 76.6 Å². The fourth-order valence-electron chi connectivity index (χ4n) is 3.00. The second kappa shape index (κ2) is 8.03. The van der Waals surface area contributed by atoms with E-state index in [0.717, 1.165) is 24.6 Å². The van der Waals surface area contributed by atoms with E-state index in [1.54, 1.807) is 32.4 Å². The molecule has 1 fully saturated rings. The van der Waals surface area contributed by atoms with Gasteiger partial charge >= 0.3 is 0 Å². The van der Waals surface area contributed by atoms with Crippen molar-refractivity contribution in [3.05, 3.63) is 41.3 Å². The third kappa shape index (κ3) is 4.22. The van der Waals surface area contributed by atoms with E-state index in [1.807, 2.05) is 13.0 Å². The van der Waals surface area contributed by atoms with E-state index in [-0.39, 0.29) is 12.5 Å². The zero-order valence-electron chi connectivity index (χ0n) is 15.4. The first kappa shape index (κ1) is 18.0. The van der Waals surface area contributed by atoms with Crippen molar-refractivity contribution in [2.75, 3.05) is 32.2 Å². The van der Waals surface area contributed by atoms with Gasteiger partial charge in [0.2, 0.25) is 0 Å². The van der Waals surface area contributed by atoms with Gasteiger partial charge in [-0.05, 0) is 31.9 Å². The minimum Gasteiger partial charge on any atom is -0.497 e. The molecule has 7 nitrogen and oxygen atoms in total. The molecule has 1 aliphatic heterocycles. The zero-order valence-corrected chi connectivity index (χ0v) is 15.4. The Labute approximate surface area is 153 Å². The van der Waals surface area contributed by atoms with Crippen LogP contribution in [0.15, 0.2) is 24.3 Å². The zero-order chi connectivity index (χ0) is 18.5. The molecule has 1 aromatic heterocycles. The Morgan fingerprint density at radius 2 is 1.73 bits per heavy atom. The van der Waals surface area contributed by atoms with Crippen LogP contribution in [0.2, 0.25) is 0 Å². The molecule has 1 N–H and O–H groups in total. The molecule has 1 aromatic carbocycles. The van der Waals surface area contributed by atoms with Crippen LogP contribution < -0.4 is 19.7 Å². The Morgan fingerprint density at radius 3 is 2.35 bits per heavy atom. The standard InChI is InChI=1S/C19H24N4O3/c1-13-8-18(23-6-4-5-7-23)22-17(21-13)12-20-19(24)14-9-15(25-2)11-16(10-14)26-3/h8-11H,4-7,12H2,1-3H3,(H,20,24). The molecular formula is C19H24N4O3. The molecule has 0 aliphatic carbocycles. The van der Waals surface area contributed by atoms with Gasteiger partial charge in [0.1, 0.15) is 23.1 Å². The van der Waals surface area contributed by atoms with Gasteiger partial charge in [-0.1, -0.05) is 0 Å². The summed E-state index contributed by atoms with van der Waals surface area (Å²) in [6.45, 7) is 4.25. The van der Waals surface area contributed by atoms with Gasteiger partial charge in [0.25, 0.3) is 5.91 Å². The van der Waals surface area contributed by atoms with Gasteiger partial charge in [-0.15, -0.1) is 0 Å². The van der Waals surface area contributed by atoms with E-state index in [4.69, 9.17) is 9.47 Å². The van der Waals surface area contributed by atoms with Crippen molar-refractivity contribution in [3.8, 4) is 11.5 Å². The Bertz CT molecular complexity index is 766. The highest BCUT2D eigenvalue weighted by Crippen LogP contribution is 2.22. The molecule has 0 saturated carbocycles.